The normalized spacial score (nSPS) is 7.33. The molecule has 0 atom stereocenters. The quantitative estimate of drug-likeness (QED) is 0.540. The Balaban J connectivity index is 0. The molecular weight excluding hydrogens is 116 g/mol. The molecule has 0 fully saturated rings. The molecule has 0 aromatic heterocycles. The molecule has 0 aromatic carbocycles. The zero-order valence-electron chi connectivity index (χ0n) is 6.14. The topological polar surface area (TPSA) is 26.3 Å². The third-order valence-corrected chi connectivity index (χ3v) is 0.553. The van der Waals surface area contributed by atoms with Crippen molar-refractivity contribution in [3.8, 4) is 0 Å². The summed E-state index contributed by atoms with van der Waals surface area (Å²) in [5.74, 6) is 0. The van der Waals surface area contributed by atoms with E-state index in [1.807, 2.05) is 20.6 Å². The van der Waals surface area contributed by atoms with Crippen molar-refractivity contribution in [3.63, 3.8) is 0 Å². The standard InChI is InChI=1S/C6H12O.CH2O/c1-4-7-5-6(2)3;1-2/h2,4-5H2,1,3H3;1H2. The summed E-state index contributed by atoms with van der Waals surface area (Å²) < 4.78 is 5.00. The number of rotatable bonds is 3. The van der Waals surface area contributed by atoms with Gasteiger partial charge in [-0.05, 0) is 13.8 Å². The van der Waals surface area contributed by atoms with E-state index >= 15 is 0 Å². The summed E-state index contributed by atoms with van der Waals surface area (Å²) in [5.41, 5.74) is 1.09. The van der Waals surface area contributed by atoms with E-state index in [1.165, 1.54) is 0 Å². The van der Waals surface area contributed by atoms with Crippen molar-refractivity contribution in [2.45, 2.75) is 13.8 Å². The second-order valence-corrected chi connectivity index (χ2v) is 1.59. The molecule has 0 aliphatic heterocycles. The van der Waals surface area contributed by atoms with E-state index in [9.17, 15) is 0 Å². The molecule has 0 amide bonds. The van der Waals surface area contributed by atoms with Crippen LogP contribution >= 0.6 is 0 Å². The predicted molar refractivity (Wildman–Crippen MR) is 38.4 cm³/mol. The average molecular weight is 130 g/mol. The molecule has 0 aliphatic carbocycles. The van der Waals surface area contributed by atoms with Crippen molar-refractivity contribution < 1.29 is 9.53 Å². The number of ether oxygens (including phenoxy) is 1. The lowest BCUT2D eigenvalue weighted by molar-refractivity contribution is -0.0979. The van der Waals surface area contributed by atoms with Crippen molar-refractivity contribution in [1.82, 2.24) is 0 Å². The first-order valence-electron chi connectivity index (χ1n) is 2.78. The van der Waals surface area contributed by atoms with Gasteiger partial charge in [-0.3, -0.25) is 0 Å². The van der Waals surface area contributed by atoms with E-state index in [1.54, 1.807) is 0 Å². The molecule has 2 nitrogen and oxygen atoms in total. The van der Waals surface area contributed by atoms with E-state index in [0.29, 0.717) is 6.61 Å². The third-order valence-electron chi connectivity index (χ3n) is 0.553. The van der Waals surface area contributed by atoms with Gasteiger partial charge in [0.15, 0.2) is 0 Å². The van der Waals surface area contributed by atoms with Crippen LogP contribution in [0.2, 0.25) is 0 Å². The van der Waals surface area contributed by atoms with Gasteiger partial charge < -0.3 is 9.53 Å². The molecule has 0 bridgehead atoms. The molecule has 54 valence electrons. The van der Waals surface area contributed by atoms with Crippen LogP contribution in [0.25, 0.3) is 0 Å². The first-order valence-corrected chi connectivity index (χ1v) is 2.78. The van der Waals surface area contributed by atoms with E-state index < -0.39 is 0 Å². The molecule has 0 saturated carbocycles. The van der Waals surface area contributed by atoms with Crippen molar-refractivity contribution in [3.05, 3.63) is 12.2 Å². The summed E-state index contributed by atoms with van der Waals surface area (Å²) in [6, 6.07) is 0. The summed E-state index contributed by atoms with van der Waals surface area (Å²) in [7, 11) is 0. The lowest BCUT2D eigenvalue weighted by Crippen LogP contribution is -1.92. The predicted octanol–water partition coefficient (Wildman–Crippen LogP) is 1.41. The van der Waals surface area contributed by atoms with Crippen LogP contribution in [0.1, 0.15) is 13.8 Å². The van der Waals surface area contributed by atoms with Gasteiger partial charge in [0.25, 0.3) is 0 Å². The van der Waals surface area contributed by atoms with Gasteiger partial charge in [0, 0.05) is 6.61 Å². The molecule has 2 heteroatoms. The van der Waals surface area contributed by atoms with Crippen LogP contribution in [0.5, 0.6) is 0 Å². The molecule has 0 aliphatic rings. The smallest absolute Gasteiger partial charge is 0.106 e. The zero-order chi connectivity index (χ0) is 7.70. The Morgan fingerprint density at radius 3 is 2.11 bits per heavy atom. The van der Waals surface area contributed by atoms with Crippen LogP contribution in [-0.2, 0) is 9.53 Å². The maximum atomic E-state index is 8.00. The highest BCUT2D eigenvalue weighted by Gasteiger charge is 1.79. The maximum Gasteiger partial charge on any atom is 0.106 e. The number of hydrogen-bond donors (Lipinski definition) is 0. The average Bonchev–Trinajstić information content (AvgIpc) is 1.88. The monoisotopic (exact) mass is 130 g/mol. The second-order valence-electron chi connectivity index (χ2n) is 1.59. The molecule has 0 heterocycles. The highest BCUT2D eigenvalue weighted by Crippen LogP contribution is 1.85. The van der Waals surface area contributed by atoms with Crippen molar-refractivity contribution in [1.29, 1.82) is 0 Å². The third kappa shape index (κ3) is 18.7. The van der Waals surface area contributed by atoms with Crippen LogP contribution in [0, 0.1) is 0 Å². The van der Waals surface area contributed by atoms with Gasteiger partial charge in [0.05, 0.1) is 6.61 Å². The Morgan fingerprint density at radius 1 is 1.56 bits per heavy atom. The molecule has 0 spiro atoms. The molecular formula is C7H14O2. The fraction of sp³-hybridized carbons (Fsp3) is 0.571. The molecule has 9 heavy (non-hydrogen) atoms. The van der Waals surface area contributed by atoms with Crippen LogP contribution in [-0.4, -0.2) is 20.0 Å². The first kappa shape index (κ1) is 11.2. The maximum absolute atomic E-state index is 8.00. The van der Waals surface area contributed by atoms with Crippen molar-refractivity contribution >= 4 is 6.79 Å². The number of hydrogen-bond acceptors (Lipinski definition) is 2. The van der Waals surface area contributed by atoms with Crippen molar-refractivity contribution in [2.24, 2.45) is 0 Å². The number of carbonyl (C=O) groups is 1. The highest BCUT2D eigenvalue weighted by molar-refractivity contribution is 5.10. The van der Waals surface area contributed by atoms with E-state index in [4.69, 9.17) is 9.53 Å². The summed E-state index contributed by atoms with van der Waals surface area (Å²) in [6.45, 7) is 11.1. The molecule has 0 radical (unpaired) electrons. The van der Waals surface area contributed by atoms with Crippen LogP contribution in [0.4, 0.5) is 0 Å². The van der Waals surface area contributed by atoms with Gasteiger partial charge in [-0.15, -0.1) is 0 Å². The minimum absolute atomic E-state index is 0.705. The lowest BCUT2D eigenvalue weighted by atomic mass is 10.4. The lowest BCUT2D eigenvalue weighted by Gasteiger charge is -1.95. The summed E-state index contributed by atoms with van der Waals surface area (Å²) in [6.07, 6.45) is 0. The fourth-order valence-electron chi connectivity index (χ4n) is 0.276. The minimum atomic E-state index is 0.705. The second kappa shape index (κ2) is 10.4. The van der Waals surface area contributed by atoms with Crippen LogP contribution < -0.4 is 0 Å². The Hall–Kier alpha value is -0.630. The summed E-state index contributed by atoms with van der Waals surface area (Å²) in [4.78, 5) is 8.00. The van der Waals surface area contributed by atoms with E-state index in [2.05, 4.69) is 6.58 Å². The summed E-state index contributed by atoms with van der Waals surface area (Å²) >= 11 is 0. The molecule has 0 aromatic rings. The van der Waals surface area contributed by atoms with Gasteiger partial charge >= 0.3 is 0 Å². The van der Waals surface area contributed by atoms with Gasteiger partial charge in [-0.2, -0.15) is 0 Å². The van der Waals surface area contributed by atoms with Gasteiger partial charge in [-0.1, -0.05) is 12.2 Å². The Labute approximate surface area is 56.5 Å². The Morgan fingerprint density at radius 2 is 2.00 bits per heavy atom. The minimum Gasteiger partial charge on any atom is -0.377 e. The van der Waals surface area contributed by atoms with Gasteiger partial charge in [0.2, 0.25) is 0 Å². The Bertz CT molecular complexity index is 69.3. The van der Waals surface area contributed by atoms with Crippen LogP contribution in [0.3, 0.4) is 0 Å². The highest BCUT2D eigenvalue weighted by atomic mass is 16.5. The van der Waals surface area contributed by atoms with E-state index in [0.717, 1.165) is 12.2 Å². The van der Waals surface area contributed by atoms with Gasteiger partial charge in [-0.25, -0.2) is 0 Å². The van der Waals surface area contributed by atoms with Crippen molar-refractivity contribution in [2.75, 3.05) is 13.2 Å². The van der Waals surface area contributed by atoms with Crippen LogP contribution in [0.15, 0.2) is 12.2 Å². The fourth-order valence-corrected chi connectivity index (χ4v) is 0.276. The number of carbonyl (C=O) groups excluding carboxylic acids is 1. The van der Waals surface area contributed by atoms with E-state index in [-0.39, 0.29) is 0 Å². The van der Waals surface area contributed by atoms with Gasteiger partial charge in [0.1, 0.15) is 6.79 Å². The summed E-state index contributed by atoms with van der Waals surface area (Å²) in [5, 5.41) is 0. The molecule has 0 N–H and O–H groups in total. The molecule has 0 unspecified atom stereocenters. The SMILES string of the molecule is C=C(C)COCC.C=O. The largest absolute Gasteiger partial charge is 0.377 e. The zero-order valence-corrected chi connectivity index (χ0v) is 6.14. The molecule has 0 saturated heterocycles. The molecule has 0 rings (SSSR count). The first-order chi connectivity index (χ1) is 4.27. The Kier molecular flexibility index (Phi) is 12.9.